The summed E-state index contributed by atoms with van der Waals surface area (Å²) in [4.78, 5) is 11.8. The van der Waals surface area contributed by atoms with Crippen molar-refractivity contribution >= 4 is 17.7 Å². The van der Waals surface area contributed by atoms with Gasteiger partial charge in [-0.15, -0.1) is 10.2 Å². The van der Waals surface area contributed by atoms with E-state index in [1.807, 2.05) is 0 Å². The first-order valence-corrected chi connectivity index (χ1v) is 7.31. The van der Waals surface area contributed by atoms with E-state index >= 15 is 0 Å². The van der Waals surface area contributed by atoms with E-state index in [4.69, 9.17) is 5.73 Å². The van der Waals surface area contributed by atoms with Crippen molar-refractivity contribution in [2.45, 2.75) is 18.2 Å². The van der Waals surface area contributed by atoms with E-state index in [2.05, 4.69) is 15.5 Å². The second kappa shape index (κ2) is 7.19. The summed E-state index contributed by atoms with van der Waals surface area (Å²) in [6.07, 6.45) is 0. The van der Waals surface area contributed by atoms with Gasteiger partial charge in [-0.2, -0.15) is 0 Å². The van der Waals surface area contributed by atoms with Crippen LogP contribution in [0.2, 0.25) is 0 Å². The molecular weight excluding hydrogens is 293 g/mol. The van der Waals surface area contributed by atoms with Gasteiger partial charge < -0.3 is 15.6 Å². The molecule has 0 fully saturated rings. The molecule has 8 heteroatoms. The Morgan fingerprint density at radius 2 is 2.19 bits per heavy atom. The van der Waals surface area contributed by atoms with Crippen LogP contribution in [0.5, 0.6) is 0 Å². The molecule has 0 aliphatic carbocycles. The van der Waals surface area contributed by atoms with Gasteiger partial charge in [0, 0.05) is 19.2 Å². The van der Waals surface area contributed by atoms with Crippen LogP contribution in [0.15, 0.2) is 29.4 Å². The number of halogens is 1. The minimum absolute atomic E-state index is 0.166. The molecule has 0 saturated carbocycles. The molecule has 2 rings (SSSR count). The third kappa shape index (κ3) is 4.02. The Balaban J connectivity index is 1.82. The zero-order valence-corrected chi connectivity index (χ0v) is 12.4. The van der Waals surface area contributed by atoms with Gasteiger partial charge in [-0.3, -0.25) is 4.79 Å². The SMILES string of the molecule is Cn1c(CN)nnc1SCC(=O)NCc1ccccc1F. The fourth-order valence-corrected chi connectivity index (χ4v) is 2.43. The second-order valence-corrected chi connectivity index (χ2v) is 5.26. The highest BCUT2D eigenvalue weighted by Crippen LogP contribution is 2.15. The number of hydrogen-bond donors (Lipinski definition) is 2. The van der Waals surface area contributed by atoms with E-state index < -0.39 is 0 Å². The molecule has 0 aliphatic heterocycles. The molecular formula is C13H16FN5OS. The molecule has 1 heterocycles. The predicted octanol–water partition coefficient (Wildman–Crippen LogP) is 0.821. The molecule has 0 atom stereocenters. The normalized spacial score (nSPS) is 10.6. The van der Waals surface area contributed by atoms with Gasteiger partial charge >= 0.3 is 0 Å². The number of nitrogens with two attached hydrogens (primary N) is 1. The molecule has 112 valence electrons. The largest absolute Gasteiger partial charge is 0.351 e. The Kier molecular flexibility index (Phi) is 5.29. The van der Waals surface area contributed by atoms with Gasteiger partial charge in [0.2, 0.25) is 5.91 Å². The van der Waals surface area contributed by atoms with Crippen molar-refractivity contribution in [3.63, 3.8) is 0 Å². The second-order valence-electron chi connectivity index (χ2n) is 4.32. The minimum Gasteiger partial charge on any atom is -0.351 e. The van der Waals surface area contributed by atoms with Crippen LogP contribution >= 0.6 is 11.8 Å². The summed E-state index contributed by atoms with van der Waals surface area (Å²) < 4.78 is 15.1. The van der Waals surface area contributed by atoms with Gasteiger partial charge in [0.15, 0.2) is 5.16 Å². The molecule has 3 N–H and O–H groups in total. The highest BCUT2D eigenvalue weighted by atomic mass is 32.2. The highest BCUT2D eigenvalue weighted by Gasteiger charge is 2.10. The maximum atomic E-state index is 13.4. The van der Waals surface area contributed by atoms with Crippen molar-refractivity contribution < 1.29 is 9.18 Å². The third-order valence-electron chi connectivity index (χ3n) is 2.87. The first kappa shape index (κ1) is 15.5. The van der Waals surface area contributed by atoms with Crippen LogP contribution in [0.1, 0.15) is 11.4 Å². The lowest BCUT2D eigenvalue weighted by atomic mass is 10.2. The number of hydrogen-bond acceptors (Lipinski definition) is 5. The van der Waals surface area contributed by atoms with Crippen LogP contribution in [-0.2, 0) is 24.9 Å². The molecule has 0 radical (unpaired) electrons. The Bertz CT molecular complexity index is 631. The van der Waals surface area contributed by atoms with Crippen molar-refractivity contribution in [1.82, 2.24) is 20.1 Å². The van der Waals surface area contributed by atoms with Crippen molar-refractivity contribution in [2.24, 2.45) is 12.8 Å². The topological polar surface area (TPSA) is 85.8 Å². The molecule has 0 unspecified atom stereocenters. The van der Waals surface area contributed by atoms with Gasteiger partial charge in [0.25, 0.3) is 0 Å². The zero-order chi connectivity index (χ0) is 15.2. The van der Waals surface area contributed by atoms with Crippen molar-refractivity contribution in [1.29, 1.82) is 0 Å². The number of nitrogens with one attached hydrogen (secondary N) is 1. The van der Waals surface area contributed by atoms with E-state index in [-0.39, 0.29) is 24.0 Å². The van der Waals surface area contributed by atoms with Crippen LogP contribution in [0, 0.1) is 5.82 Å². The average Bonchev–Trinajstić information content (AvgIpc) is 2.84. The summed E-state index contributed by atoms with van der Waals surface area (Å²) in [5.74, 6) is 0.321. The van der Waals surface area contributed by atoms with E-state index in [1.54, 1.807) is 29.8 Å². The van der Waals surface area contributed by atoms with E-state index in [0.29, 0.717) is 23.1 Å². The molecule has 0 bridgehead atoms. The Labute approximate surface area is 125 Å². The molecule has 2 aromatic rings. The van der Waals surface area contributed by atoms with Gasteiger partial charge in [-0.1, -0.05) is 30.0 Å². The summed E-state index contributed by atoms with van der Waals surface area (Å²) in [5.41, 5.74) is 5.96. The van der Waals surface area contributed by atoms with Crippen molar-refractivity contribution in [2.75, 3.05) is 5.75 Å². The number of nitrogens with zero attached hydrogens (tertiary/aromatic N) is 3. The fraction of sp³-hybridized carbons (Fsp3) is 0.308. The zero-order valence-electron chi connectivity index (χ0n) is 11.5. The van der Waals surface area contributed by atoms with Crippen LogP contribution in [0.3, 0.4) is 0 Å². The lowest BCUT2D eigenvalue weighted by Gasteiger charge is -2.06. The predicted molar refractivity (Wildman–Crippen MR) is 77.9 cm³/mol. The molecule has 6 nitrogen and oxygen atoms in total. The summed E-state index contributed by atoms with van der Waals surface area (Å²) >= 11 is 1.26. The van der Waals surface area contributed by atoms with Crippen LogP contribution in [-0.4, -0.2) is 26.4 Å². The fourth-order valence-electron chi connectivity index (χ4n) is 1.67. The molecule has 1 aromatic carbocycles. The average molecular weight is 309 g/mol. The Morgan fingerprint density at radius 1 is 1.43 bits per heavy atom. The Morgan fingerprint density at radius 3 is 2.86 bits per heavy atom. The maximum Gasteiger partial charge on any atom is 0.230 e. The number of carbonyl (C=O) groups excluding carboxylic acids is 1. The molecule has 0 saturated heterocycles. The van der Waals surface area contributed by atoms with Crippen molar-refractivity contribution in [3.05, 3.63) is 41.5 Å². The number of rotatable bonds is 6. The number of aromatic nitrogens is 3. The van der Waals surface area contributed by atoms with Gasteiger partial charge in [0.1, 0.15) is 11.6 Å². The van der Waals surface area contributed by atoms with Crippen LogP contribution in [0.4, 0.5) is 4.39 Å². The van der Waals surface area contributed by atoms with Gasteiger partial charge in [-0.05, 0) is 6.07 Å². The standard InChI is InChI=1S/C13H16FN5OS/c1-19-11(6-15)17-18-13(19)21-8-12(20)16-7-9-4-2-3-5-10(9)14/h2-5H,6-8,15H2,1H3,(H,16,20). The molecule has 1 amide bonds. The van der Waals surface area contributed by atoms with Crippen LogP contribution in [0.25, 0.3) is 0 Å². The first-order chi connectivity index (χ1) is 10.1. The van der Waals surface area contributed by atoms with E-state index in [9.17, 15) is 9.18 Å². The van der Waals surface area contributed by atoms with Gasteiger partial charge in [0.05, 0.1) is 12.3 Å². The molecule has 0 spiro atoms. The smallest absolute Gasteiger partial charge is 0.230 e. The Hall–Kier alpha value is -1.93. The maximum absolute atomic E-state index is 13.4. The summed E-state index contributed by atoms with van der Waals surface area (Å²) in [6.45, 7) is 0.461. The lowest BCUT2D eigenvalue weighted by Crippen LogP contribution is -2.25. The summed E-state index contributed by atoms with van der Waals surface area (Å²) in [5, 5.41) is 11.1. The number of carbonyl (C=O) groups is 1. The number of benzene rings is 1. The molecule has 1 aromatic heterocycles. The van der Waals surface area contributed by atoms with Gasteiger partial charge in [-0.25, -0.2) is 4.39 Å². The summed E-state index contributed by atoms with van der Waals surface area (Å²) in [7, 11) is 1.79. The first-order valence-electron chi connectivity index (χ1n) is 6.33. The van der Waals surface area contributed by atoms with E-state index in [0.717, 1.165) is 0 Å². The monoisotopic (exact) mass is 309 g/mol. The number of amides is 1. The van der Waals surface area contributed by atoms with E-state index in [1.165, 1.54) is 17.8 Å². The lowest BCUT2D eigenvalue weighted by molar-refractivity contribution is -0.118. The third-order valence-corrected chi connectivity index (χ3v) is 3.89. The quantitative estimate of drug-likeness (QED) is 0.772. The molecule has 21 heavy (non-hydrogen) atoms. The minimum atomic E-state index is -0.327. The molecule has 0 aliphatic rings. The highest BCUT2D eigenvalue weighted by molar-refractivity contribution is 7.99. The van der Waals surface area contributed by atoms with Crippen molar-refractivity contribution in [3.8, 4) is 0 Å². The summed E-state index contributed by atoms with van der Waals surface area (Å²) in [6, 6.07) is 6.34. The number of thioether (sulfide) groups is 1. The van der Waals surface area contributed by atoms with Crippen LogP contribution < -0.4 is 11.1 Å².